The zero-order chi connectivity index (χ0) is 56.2. The molecule has 1 unspecified atom stereocenters. The summed E-state index contributed by atoms with van der Waals surface area (Å²) >= 11 is 0. The Hall–Kier alpha value is -6.25. The number of benzene rings is 2. The average molecular weight is 1070 g/mol. The van der Waals surface area contributed by atoms with E-state index in [1.807, 2.05) is 0 Å². The molecule has 414 valence electrons. The van der Waals surface area contributed by atoms with Crippen molar-refractivity contribution >= 4 is 35.6 Å². The maximum absolute atomic E-state index is 14.9. The van der Waals surface area contributed by atoms with Gasteiger partial charge < -0.3 is 70.1 Å². The molecule has 24 heteroatoms. The molecule has 14 atom stereocenters. The number of alkyl carbamates (subject to hydrolysis) is 1. The summed E-state index contributed by atoms with van der Waals surface area (Å²) < 4.78 is 62.2. The number of hydrogen-bond donors (Lipinski definition) is 8. The van der Waals surface area contributed by atoms with Crippen LogP contribution in [0.25, 0.3) is 0 Å². The lowest BCUT2D eigenvalue weighted by Crippen LogP contribution is -2.81. The number of hydrogen-bond acceptors (Lipinski definition) is 20. The van der Waals surface area contributed by atoms with Crippen molar-refractivity contribution in [3.05, 3.63) is 106 Å². The SMILES string of the molecule is CC(=O)O[C@@]12CO[C@@H]1C[C@H](O)[C@@]1(C)C(=O)[C@H](O)C3=C(C)[C@@H](OC(=O)C(O)[C@@H](NC(=O)OC(C)(C)C)c4ccccc4)C[C@@](O)([C@@H](OC(=O)c4ccccc4)[C@H]21)C3(C)C.Nc1ccn([C@@H]2O[C@H](CO)[C@@H](O)C2(F)F)c(=O)n1. The van der Waals surface area contributed by atoms with Gasteiger partial charge in [0, 0.05) is 31.4 Å². The Kier molecular flexibility index (Phi) is 15.8. The zero-order valence-corrected chi connectivity index (χ0v) is 42.9. The minimum Gasteiger partial charge on any atom is -0.456 e. The summed E-state index contributed by atoms with van der Waals surface area (Å²) in [5.74, 6) is -9.19. The number of aromatic nitrogens is 2. The predicted octanol–water partition coefficient (Wildman–Crippen LogP) is 1.97. The van der Waals surface area contributed by atoms with Crippen LogP contribution in [0.2, 0.25) is 0 Å². The third kappa shape index (κ3) is 10.1. The number of nitrogen functional groups attached to an aromatic ring is 1. The second-order valence-electron chi connectivity index (χ2n) is 21.4. The van der Waals surface area contributed by atoms with E-state index in [9.17, 15) is 63.1 Å². The van der Waals surface area contributed by atoms with E-state index in [2.05, 4.69) is 10.3 Å². The standard InChI is InChI=1S/C43H53NO14.C9H11F2N3O4/c1-22-26(55-37(51)32(48)30(24-15-11-9-12-16-24)44-38(52)58-39(3,4)5)20-43(53)35(56-36(50)25-17-13-10-14-18-25)33-41(8,34(49)31(47)29(22)40(43,6)7)27(46)19-28-42(33,21-54-28)57-23(2)45;10-9(11)6(16)4(3-15)18-7(9)14-2-1-5(12)13-8(14)17/h9-18,26-28,30-33,35,46-48,53H,19-21H2,1-8H3,(H,44,52);1-2,4,6-7,15-16H,3H2,(H2,12,13,17)/t26-,27-,28+,30-,31+,32?,33-,35-,41+,42-,43+;4-,6-,7-/m01/s1. The van der Waals surface area contributed by atoms with Crippen molar-refractivity contribution < 1.29 is 91.8 Å². The number of aliphatic hydroxyl groups is 6. The monoisotopic (exact) mass is 1070 g/mol. The van der Waals surface area contributed by atoms with Crippen LogP contribution in [0.15, 0.2) is 88.9 Å². The zero-order valence-electron chi connectivity index (χ0n) is 42.9. The summed E-state index contributed by atoms with van der Waals surface area (Å²) in [6.07, 6.45) is -16.2. The number of esters is 3. The molecule has 0 radical (unpaired) electrons. The van der Waals surface area contributed by atoms with Gasteiger partial charge in [-0.05, 0) is 69.5 Å². The van der Waals surface area contributed by atoms with E-state index in [1.165, 1.54) is 26.0 Å². The number of aliphatic hydroxyl groups excluding tert-OH is 5. The van der Waals surface area contributed by atoms with E-state index in [0.29, 0.717) is 10.1 Å². The number of rotatable bonds is 10. The van der Waals surface area contributed by atoms with Crippen molar-refractivity contribution in [1.29, 1.82) is 0 Å². The molecular formula is C52H64F2N4O18. The number of ketones is 1. The molecular weight excluding hydrogens is 1010 g/mol. The highest BCUT2D eigenvalue weighted by molar-refractivity contribution is 5.94. The predicted molar refractivity (Wildman–Crippen MR) is 258 cm³/mol. The number of nitrogens with two attached hydrogens (primary N) is 1. The molecule has 1 amide bonds. The fourth-order valence-corrected chi connectivity index (χ4v) is 11.3. The number of fused-ring (bicyclic) bond motifs is 5. The molecule has 0 spiro atoms. The highest BCUT2D eigenvalue weighted by Crippen LogP contribution is 2.64. The van der Waals surface area contributed by atoms with Crippen molar-refractivity contribution in [2.45, 2.75) is 152 Å². The van der Waals surface area contributed by atoms with Gasteiger partial charge in [0.25, 0.3) is 0 Å². The van der Waals surface area contributed by atoms with Crippen molar-refractivity contribution in [3.8, 4) is 0 Å². The van der Waals surface area contributed by atoms with E-state index in [4.69, 9.17) is 39.3 Å². The highest BCUT2D eigenvalue weighted by atomic mass is 19.3. The number of halogens is 2. The van der Waals surface area contributed by atoms with Crippen LogP contribution >= 0.6 is 0 Å². The van der Waals surface area contributed by atoms with Gasteiger partial charge in [-0.25, -0.2) is 19.2 Å². The minimum absolute atomic E-state index is 0.0637. The summed E-state index contributed by atoms with van der Waals surface area (Å²) in [6.45, 7) is 11.0. The lowest BCUT2D eigenvalue weighted by Gasteiger charge is -2.67. The maximum atomic E-state index is 14.9. The summed E-state index contributed by atoms with van der Waals surface area (Å²) in [5.41, 5.74) is -3.93. The number of anilines is 1. The summed E-state index contributed by atoms with van der Waals surface area (Å²) in [5, 5.41) is 69.7. The number of amides is 1. The number of carbonyl (C=O) groups excluding carboxylic acids is 5. The van der Waals surface area contributed by atoms with Gasteiger partial charge in [0.1, 0.15) is 47.5 Å². The Balaban J connectivity index is 0.000000392. The van der Waals surface area contributed by atoms with Gasteiger partial charge in [-0.3, -0.25) is 14.2 Å². The lowest BCUT2D eigenvalue weighted by atomic mass is 9.44. The van der Waals surface area contributed by atoms with E-state index >= 15 is 0 Å². The Morgan fingerprint density at radius 1 is 0.974 bits per heavy atom. The van der Waals surface area contributed by atoms with Crippen molar-refractivity contribution in [2.24, 2.45) is 16.7 Å². The van der Waals surface area contributed by atoms with Crippen LogP contribution in [0.4, 0.5) is 19.4 Å². The molecule has 2 aromatic carbocycles. The number of nitrogens with one attached hydrogen (secondary N) is 1. The third-order valence-electron chi connectivity index (χ3n) is 15.2. The van der Waals surface area contributed by atoms with E-state index in [0.717, 1.165) is 19.2 Å². The molecule has 8 rings (SSSR count). The topological polar surface area (TPSA) is 335 Å². The second kappa shape index (κ2) is 20.9. The van der Waals surface area contributed by atoms with Gasteiger partial charge in [0.05, 0.1) is 42.3 Å². The van der Waals surface area contributed by atoms with Crippen molar-refractivity contribution in [1.82, 2.24) is 14.9 Å². The molecule has 1 aromatic heterocycles. The van der Waals surface area contributed by atoms with Crippen molar-refractivity contribution in [2.75, 3.05) is 18.9 Å². The molecule has 5 aliphatic rings. The van der Waals surface area contributed by atoms with Crippen LogP contribution in [0.3, 0.4) is 0 Å². The van der Waals surface area contributed by atoms with E-state index < -0.39 is 149 Å². The molecule has 9 N–H and O–H groups in total. The summed E-state index contributed by atoms with van der Waals surface area (Å²) in [4.78, 5) is 83.6. The van der Waals surface area contributed by atoms with Crippen LogP contribution in [-0.2, 0) is 42.8 Å². The van der Waals surface area contributed by atoms with Gasteiger partial charge in [-0.15, -0.1) is 0 Å². The van der Waals surface area contributed by atoms with Crippen LogP contribution in [0.1, 0.15) is 96.4 Å². The van der Waals surface area contributed by atoms with E-state index in [-0.39, 0.29) is 35.6 Å². The van der Waals surface area contributed by atoms with Crippen LogP contribution in [-0.4, -0.2) is 155 Å². The molecule has 3 aliphatic carbocycles. The normalized spacial score (nSPS) is 32.9. The Morgan fingerprint density at radius 3 is 2.13 bits per heavy atom. The Bertz CT molecular complexity index is 2790. The first-order valence-electron chi connectivity index (χ1n) is 24.4. The molecule has 2 saturated carbocycles. The smallest absolute Gasteiger partial charge is 0.408 e. The maximum Gasteiger partial charge on any atom is 0.408 e. The minimum atomic E-state index is -3.71. The number of ether oxygens (including phenoxy) is 6. The summed E-state index contributed by atoms with van der Waals surface area (Å²) in [6, 6.07) is 15.8. The third-order valence-corrected chi connectivity index (χ3v) is 15.2. The second-order valence-corrected chi connectivity index (χ2v) is 21.4. The number of alkyl halides is 2. The highest BCUT2D eigenvalue weighted by Gasteiger charge is 2.78. The largest absolute Gasteiger partial charge is 0.456 e. The Labute approximate surface area is 434 Å². The first kappa shape index (κ1) is 57.5. The fraction of sp³-hybridized carbons (Fsp3) is 0.558. The van der Waals surface area contributed by atoms with Gasteiger partial charge in [0.15, 0.2) is 23.6 Å². The number of Topliss-reactive ketones (excluding diaryl/α,β-unsaturated/α-hetero) is 1. The molecule has 76 heavy (non-hydrogen) atoms. The molecule has 2 aliphatic heterocycles. The van der Waals surface area contributed by atoms with Gasteiger partial charge in [-0.1, -0.05) is 62.4 Å². The first-order chi connectivity index (χ1) is 35.4. The molecule has 4 fully saturated rings. The molecule has 3 heterocycles. The lowest BCUT2D eigenvalue weighted by molar-refractivity contribution is -0.346. The van der Waals surface area contributed by atoms with E-state index in [1.54, 1.807) is 83.1 Å². The van der Waals surface area contributed by atoms with Gasteiger partial charge in [-0.2, -0.15) is 13.8 Å². The quantitative estimate of drug-likeness (QED) is 0.0817. The molecule has 3 aromatic rings. The fourth-order valence-electron chi connectivity index (χ4n) is 11.3. The number of carbonyl (C=O) groups is 5. The van der Waals surface area contributed by atoms with Crippen LogP contribution < -0.4 is 16.7 Å². The van der Waals surface area contributed by atoms with Gasteiger partial charge >= 0.3 is 35.6 Å². The van der Waals surface area contributed by atoms with Crippen molar-refractivity contribution in [3.63, 3.8) is 0 Å². The summed E-state index contributed by atoms with van der Waals surface area (Å²) in [7, 11) is 0. The molecule has 22 nitrogen and oxygen atoms in total. The average Bonchev–Trinajstić information content (AvgIpc) is 3.61. The Morgan fingerprint density at radius 2 is 1.59 bits per heavy atom. The molecule has 2 bridgehead atoms. The van der Waals surface area contributed by atoms with Crippen LogP contribution in [0, 0.1) is 16.7 Å². The molecule has 2 saturated heterocycles. The number of nitrogens with zero attached hydrogens (tertiary/aromatic N) is 2. The van der Waals surface area contributed by atoms with Gasteiger partial charge in [0.2, 0.25) is 6.23 Å². The van der Waals surface area contributed by atoms with Crippen LogP contribution in [0.5, 0.6) is 0 Å². The first-order valence-corrected chi connectivity index (χ1v) is 24.4.